The maximum absolute atomic E-state index is 13.2. The zero-order chi connectivity index (χ0) is 32.5. The third-order valence-electron chi connectivity index (χ3n) is 8.93. The molecular formula is C38H36N2O6. The van der Waals surface area contributed by atoms with Crippen molar-refractivity contribution in [1.29, 1.82) is 0 Å². The van der Waals surface area contributed by atoms with Crippen LogP contribution in [0.3, 0.4) is 0 Å². The number of amides is 4. The number of nitrogens with zero attached hydrogens (tertiary/aromatic N) is 2. The van der Waals surface area contributed by atoms with Crippen LogP contribution >= 0.6 is 0 Å². The third kappa shape index (κ3) is 5.55. The van der Waals surface area contributed by atoms with E-state index in [1.807, 2.05) is 52.0 Å². The summed E-state index contributed by atoms with van der Waals surface area (Å²) in [6.45, 7) is 8.71. The second-order valence-corrected chi connectivity index (χ2v) is 11.9. The zero-order valence-corrected chi connectivity index (χ0v) is 26.5. The number of carbonyl (C=O) groups is 4. The predicted molar refractivity (Wildman–Crippen MR) is 176 cm³/mol. The summed E-state index contributed by atoms with van der Waals surface area (Å²) in [5.41, 5.74) is 6.54. The average Bonchev–Trinajstić information content (AvgIpc) is 3.44. The normalized spacial score (nSPS) is 13.8. The van der Waals surface area contributed by atoms with E-state index in [9.17, 15) is 19.2 Å². The Morgan fingerprint density at radius 3 is 1.28 bits per heavy atom. The lowest BCUT2D eigenvalue weighted by atomic mass is 10.1. The van der Waals surface area contributed by atoms with E-state index in [0.29, 0.717) is 58.3 Å². The molecule has 0 atom stereocenters. The van der Waals surface area contributed by atoms with Gasteiger partial charge in [0.15, 0.2) is 0 Å². The highest BCUT2D eigenvalue weighted by Crippen LogP contribution is 2.35. The van der Waals surface area contributed by atoms with Crippen LogP contribution in [0, 0.1) is 27.7 Å². The Labute approximate surface area is 268 Å². The van der Waals surface area contributed by atoms with Crippen molar-refractivity contribution >= 4 is 35.0 Å². The topological polar surface area (TPSA) is 93.2 Å². The van der Waals surface area contributed by atoms with Gasteiger partial charge >= 0.3 is 0 Å². The van der Waals surface area contributed by atoms with E-state index >= 15 is 0 Å². The Morgan fingerprint density at radius 1 is 0.478 bits per heavy atom. The molecule has 0 fully saturated rings. The van der Waals surface area contributed by atoms with Crippen molar-refractivity contribution in [2.75, 3.05) is 23.0 Å². The van der Waals surface area contributed by atoms with E-state index in [1.165, 1.54) is 9.80 Å². The highest BCUT2D eigenvalue weighted by atomic mass is 16.5. The van der Waals surface area contributed by atoms with E-state index in [4.69, 9.17) is 9.47 Å². The molecule has 234 valence electrons. The average molecular weight is 617 g/mol. The summed E-state index contributed by atoms with van der Waals surface area (Å²) in [5.74, 6) is -0.184. The fourth-order valence-electron chi connectivity index (χ4n) is 5.95. The molecule has 0 spiro atoms. The summed E-state index contributed by atoms with van der Waals surface area (Å²) < 4.78 is 11.8. The highest BCUT2D eigenvalue weighted by Gasteiger charge is 2.39. The Balaban J connectivity index is 0.952. The van der Waals surface area contributed by atoms with Crippen molar-refractivity contribution in [3.8, 4) is 11.5 Å². The molecule has 0 unspecified atom stereocenters. The Kier molecular flexibility index (Phi) is 8.45. The first-order valence-corrected chi connectivity index (χ1v) is 15.6. The minimum absolute atomic E-state index is 0.318. The summed E-state index contributed by atoms with van der Waals surface area (Å²) in [4.78, 5) is 55.0. The zero-order valence-electron chi connectivity index (χ0n) is 26.5. The fourth-order valence-corrected chi connectivity index (χ4v) is 5.95. The van der Waals surface area contributed by atoms with Crippen molar-refractivity contribution in [1.82, 2.24) is 0 Å². The molecule has 0 N–H and O–H groups in total. The number of rotatable bonds is 11. The molecule has 0 radical (unpaired) electrons. The molecule has 0 aromatic heterocycles. The van der Waals surface area contributed by atoms with Gasteiger partial charge in [-0.15, -0.1) is 0 Å². The van der Waals surface area contributed by atoms with Crippen LogP contribution in [-0.2, 0) is 0 Å². The molecule has 4 aromatic rings. The summed E-state index contributed by atoms with van der Waals surface area (Å²) in [6, 6.07) is 21.3. The van der Waals surface area contributed by atoms with Crippen molar-refractivity contribution in [3.63, 3.8) is 0 Å². The molecule has 2 heterocycles. The number of imide groups is 2. The highest BCUT2D eigenvalue weighted by molar-refractivity contribution is 6.35. The third-order valence-corrected chi connectivity index (χ3v) is 8.93. The van der Waals surface area contributed by atoms with Gasteiger partial charge in [0.25, 0.3) is 23.6 Å². The minimum Gasteiger partial charge on any atom is -0.494 e. The van der Waals surface area contributed by atoms with Crippen LogP contribution in [0.25, 0.3) is 0 Å². The second kappa shape index (κ2) is 12.6. The number of anilines is 2. The van der Waals surface area contributed by atoms with E-state index in [1.54, 1.807) is 48.5 Å². The quantitative estimate of drug-likeness (QED) is 0.128. The maximum atomic E-state index is 13.2. The molecule has 4 amide bonds. The van der Waals surface area contributed by atoms with Gasteiger partial charge in [-0.05, 0) is 124 Å². The number of unbranched alkanes of at least 4 members (excludes halogenated alkanes) is 3. The molecule has 2 aliphatic rings. The smallest absolute Gasteiger partial charge is 0.266 e. The monoisotopic (exact) mass is 616 g/mol. The number of hydrogen-bond acceptors (Lipinski definition) is 6. The van der Waals surface area contributed by atoms with E-state index in [0.717, 1.165) is 47.9 Å². The van der Waals surface area contributed by atoms with Gasteiger partial charge in [0.2, 0.25) is 0 Å². The fraction of sp³-hybridized carbons (Fsp3) is 0.263. The van der Waals surface area contributed by atoms with Crippen LogP contribution in [0.1, 0.15) is 89.4 Å². The predicted octanol–water partition coefficient (Wildman–Crippen LogP) is 7.54. The van der Waals surface area contributed by atoms with Gasteiger partial charge < -0.3 is 9.47 Å². The van der Waals surface area contributed by atoms with Gasteiger partial charge in [0.1, 0.15) is 11.5 Å². The number of hydrogen-bond donors (Lipinski definition) is 0. The summed E-state index contributed by atoms with van der Waals surface area (Å²) in [5, 5.41) is 0. The van der Waals surface area contributed by atoms with Gasteiger partial charge in [-0.3, -0.25) is 19.2 Å². The summed E-state index contributed by atoms with van der Waals surface area (Å²) in [6.07, 6.45) is 3.49. The lowest BCUT2D eigenvalue weighted by Gasteiger charge is -2.17. The molecule has 0 aliphatic carbocycles. The van der Waals surface area contributed by atoms with Crippen molar-refractivity contribution in [3.05, 3.63) is 117 Å². The molecule has 6 rings (SSSR count). The van der Waals surface area contributed by atoms with Gasteiger partial charge in [-0.25, -0.2) is 9.80 Å². The SMILES string of the molecule is Cc1cccc(N2C(=O)c3ccc(OCCCCCCOc4ccc5c(c4)C(=O)N(c4cccc(C)c4C)C5=O)cc3C2=O)c1C. The molecule has 0 saturated heterocycles. The van der Waals surface area contributed by atoms with Crippen LogP contribution < -0.4 is 19.3 Å². The molecular weight excluding hydrogens is 580 g/mol. The number of fused-ring (bicyclic) bond motifs is 2. The standard InChI is InChI=1S/C38H36N2O6/c1-23-11-9-13-33(25(23)3)39-35(41)29-17-15-27(21-31(29)37(39)43)45-19-7-5-6-8-20-46-28-16-18-30-32(22-28)38(44)40(36(30)42)34-14-10-12-24(2)26(34)4/h9-18,21-22H,5-8,19-20H2,1-4H3. The van der Waals surface area contributed by atoms with Crippen LogP contribution in [0.2, 0.25) is 0 Å². The minimum atomic E-state index is -0.336. The lowest BCUT2D eigenvalue weighted by Crippen LogP contribution is -2.30. The van der Waals surface area contributed by atoms with Crippen LogP contribution in [0.4, 0.5) is 11.4 Å². The second-order valence-electron chi connectivity index (χ2n) is 11.9. The van der Waals surface area contributed by atoms with Gasteiger partial charge in [-0.1, -0.05) is 24.3 Å². The number of ether oxygens (including phenoxy) is 2. The molecule has 8 heteroatoms. The van der Waals surface area contributed by atoms with Crippen molar-refractivity contribution in [2.45, 2.75) is 53.4 Å². The lowest BCUT2D eigenvalue weighted by molar-refractivity contribution is 0.0910. The molecule has 2 aliphatic heterocycles. The van der Waals surface area contributed by atoms with E-state index < -0.39 is 0 Å². The Morgan fingerprint density at radius 2 is 0.870 bits per heavy atom. The number of benzene rings is 4. The van der Waals surface area contributed by atoms with Gasteiger partial charge in [0.05, 0.1) is 46.8 Å². The molecule has 46 heavy (non-hydrogen) atoms. The van der Waals surface area contributed by atoms with Gasteiger partial charge in [0, 0.05) is 0 Å². The van der Waals surface area contributed by atoms with Crippen LogP contribution in [0.15, 0.2) is 72.8 Å². The first-order valence-electron chi connectivity index (χ1n) is 15.6. The van der Waals surface area contributed by atoms with E-state index in [2.05, 4.69) is 0 Å². The van der Waals surface area contributed by atoms with Gasteiger partial charge in [-0.2, -0.15) is 0 Å². The summed E-state index contributed by atoms with van der Waals surface area (Å²) >= 11 is 0. The van der Waals surface area contributed by atoms with Crippen molar-refractivity contribution < 1.29 is 28.7 Å². The molecule has 4 aromatic carbocycles. The maximum Gasteiger partial charge on any atom is 0.266 e. The Hall–Kier alpha value is -5.24. The molecule has 0 bridgehead atoms. The van der Waals surface area contributed by atoms with Crippen molar-refractivity contribution in [2.24, 2.45) is 0 Å². The first kappa shape index (κ1) is 30.8. The first-order chi connectivity index (χ1) is 22.2. The molecule has 8 nitrogen and oxygen atoms in total. The largest absolute Gasteiger partial charge is 0.494 e. The van der Waals surface area contributed by atoms with Crippen LogP contribution in [-0.4, -0.2) is 36.8 Å². The van der Waals surface area contributed by atoms with Crippen LogP contribution in [0.5, 0.6) is 11.5 Å². The summed E-state index contributed by atoms with van der Waals surface area (Å²) in [7, 11) is 0. The molecule has 0 saturated carbocycles. The Bertz CT molecular complexity index is 1760. The van der Waals surface area contributed by atoms with E-state index in [-0.39, 0.29) is 23.6 Å². The number of carbonyl (C=O) groups excluding carboxylic acids is 4. The number of aryl methyl sites for hydroxylation is 2.